The largest absolute Gasteiger partial charge is 0.493 e. The van der Waals surface area contributed by atoms with Crippen molar-refractivity contribution in [3.05, 3.63) is 29.3 Å². The summed E-state index contributed by atoms with van der Waals surface area (Å²) in [6.07, 6.45) is 2.12. The van der Waals surface area contributed by atoms with Gasteiger partial charge in [-0.2, -0.15) is 0 Å². The number of carbonyl (C=O) groups excluding carboxylic acids is 1. The smallest absolute Gasteiger partial charge is 0.223 e. The van der Waals surface area contributed by atoms with Crippen molar-refractivity contribution in [1.82, 2.24) is 5.32 Å². The number of aliphatic hydroxyl groups is 1. The zero-order chi connectivity index (χ0) is 13.8. The molecule has 0 bridgehead atoms. The summed E-state index contributed by atoms with van der Waals surface area (Å²) in [5.74, 6) is 0.823. The summed E-state index contributed by atoms with van der Waals surface area (Å²) in [7, 11) is 0. The second-order valence-corrected chi connectivity index (χ2v) is 5.14. The molecule has 19 heavy (non-hydrogen) atoms. The lowest BCUT2D eigenvalue weighted by atomic mass is 10.1. The average Bonchev–Trinajstić information content (AvgIpc) is 3.14. The van der Waals surface area contributed by atoms with Crippen molar-refractivity contribution < 1.29 is 14.6 Å². The van der Waals surface area contributed by atoms with Gasteiger partial charge in [-0.15, -0.1) is 0 Å². The lowest BCUT2D eigenvalue weighted by molar-refractivity contribution is -0.121. The maximum atomic E-state index is 11.5. The molecule has 0 aliphatic heterocycles. The minimum absolute atomic E-state index is 0.0563. The van der Waals surface area contributed by atoms with Gasteiger partial charge < -0.3 is 15.2 Å². The molecule has 2 rings (SSSR count). The van der Waals surface area contributed by atoms with E-state index in [2.05, 4.69) is 5.32 Å². The number of hydrogen-bond acceptors (Lipinski definition) is 3. The molecule has 1 fully saturated rings. The normalized spacial score (nSPS) is 15.9. The maximum absolute atomic E-state index is 11.5. The first-order chi connectivity index (χ1) is 9.06. The van der Waals surface area contributed by atoms with Gasteiger partial charge in [0.1, 0.15) is 5.75 Å². The van der Waals surface area contributed by atoms with Gasteiger partial charge in [-0.25, -0.2) is 0 Å². The number of nitrogens with one attached hydrogen (secondary N) is 1. The number of carbonyl (C=O) groups is 1. The van der Waals surface area contributed by atoms with E-state index in [1.807, 2.05) is 25.1 Å². The van der Waals surface area contributed by atoms with Crippen molar-refractivity contribution in [3.8, 4) is 5.75 Å². The molecule has 0 aromatic heterocycles. The van der Waals surface area contributed by atoms with Crippen molar-refractivity contribution >= 4 is 5.91 Å². The van der Waals surface area contributed by atoms with Crippen LogP contribution in [-0.4, -0.2) is 23.7 Å². The van der Waals surface area contributed by atoms with Crippen LogP contribution in [0.2, 0.25) is 0 Å². The van der Waals surface area contributed by atoms with Gasteiger partial charge in [-0.1, -0.05) is 6.07 Å². The van der Waals surface area contributed by atoms with Crippen LogP contribution in [0.25, 0.3) is 0 Å². The van der Waals surface area contributed by atoms with E-state index in [1.54, 1.807) is 6.92 Å². The Bertz CT molecular complexity index is 453. The molecule has 0 saturated heterocycles. The quantitative estimate of drug-likeness (QED) is 0.826. The third-order valence-corrected chi connectivity index (χ3v) is 3.21. The van der Waals surface area contributed by atoms with Gasteiger partial charge >= 0.3 is 0 Å². The number of ether oxygens (including phenoxy) is 1. The van der Waals surface area contributed by atoms with E-state index in [0.717, 1.165) is 29.7 Å². The van der Waals surface area contributed by atoms with Crippen molar-refractivity contribution in [2.75, 3.05) is 6.61 Å². The van der Waals surface area contributed by atoms with Gasteiger partial charge in [-0.3, -0.25) is 4.79 Å². The van der Waals surface area contributed by atoms with Crippen molar-refractivity contribution in [2.45, 2.75) is 45.3 Å². The first-order valence-corrected chi connectivity index (χ1v) is 6.77. The van der Waals surface area contributed by atoms with E-state index in [0.29, 0.717) is 19.1 Å². The van der Waals surface area contributed by atoms with Crippen molar-refractivity contribution in [2.24, 2.45) is 0 Å². The number of rotatable bonds is 6. The second kappa shape index (κ2) is 6.06. The highest BCUT2D eigenvalue weighted by atomic mass is 16.5. The maximum Gasteiger partial charge on any atom is 0.223 e. The lowest BCUT2D eigenvalue weighted by Gasteiger charge is -2.12. The van der Waals surface area contributed by atoms with Crippen molar-refractivity contribution in [1.29, 1.82) is 0 Å². The van der Waals surface area contributed by atoms with Crippen LogP contribution in [0, 0.1) is 6.92 Å². The number of aryl methyl sites for hydroxylation is 1. The van der Waals surface area contributed by atoms with Crippen LogP contribution < -0.4 is 10.1 Å². The molecule has 1 aromatic rings. The third kappa shape index (κ3) is 4.24. The zero-order valence-electron chi connectivity index (χ0n) is 11.5. The summed E-state index contributed by atoms with van der Waals surface area (Å²) in [6.45, 7) is 4.05. The fourth-order valence-corrected chi connectivity index (χ4v) is 1.88. The van der Waals surface area contributed by atoms with E-state index >= 15 is 0 Å². The fraction of sp³-hybridized carbons (Fsp3) is 0.533. The van der Waals surface area contributed by atoms with Crippen LogP contribution in [-0.2, 0) is 4.79 Å². The minimum Gasteiger partial charge on any atom is -0.493 e. The van der Waals surface area contributed by atoms with Crippen molar-refractivity contribution in [3.63, 3.8) is 0 Å². The third-order valence-electron chi connectivity index (χ3n) is 3.21. The summed E-state index contributed by atoms with van der Waals surface area (Å²) >= 11 is 0. The number of hydrogen-bond donors (Lipinski definition) is 2. The molecule has 4 heteroatoms. The molecular formula is C15H21NO3. The zero-order valence-corrected chi connectivity index (χ0v) is 11.5. The summed E-state index contributed by atoms with van der Waals surface area (Å²) < 4.78 is 5.60. The molecular weight excluding hydrogens is 242 g/mol. The first kappa shape index (κ1) is 13.9. The molecule has 1 amide bonds. The van der Waals surface area contributed by atoms with E-state index in [9.17, 15) is 9.90 Å². The highest BCUT2D eigenvalue weighted by Gasteiger charge is 2.22. The van der Waals surface area contributed by atoms with Crippen LogP contribution in [0.3, 0.4) is 0 Å². The van der Waals surface area contributed by atoms with Crippen LogP contribution in [0.15, 0.2) is 18.2 Å². The predicted molar refractivity (Wildman–Crippen MR) is 73.1 cm³/mol. The fourth-order valence-electron chi connectivity index (χ4n) is 1.88. The van der Waals surface area contributed by atoms with Gasteiger partial charge in [-0.05, 0) is 49.9 Å². The molecule has 0 heterocycles. The second-order valence-electron chi connectivity index (χ2n) is 5.14. The molecule has 0 unspecified atom stereocenters. The highest BCUT2D eigenvalue weighted by molar-refractivity contribution is 5.76. The average molecular weight is 263 g/mol. The van der Waals surface area contributed by atoms with Crippen LogP contribution >= 0.6 is 0 Å². The Morgan fingerprint density at radius 3 is 2.84 bits per heavy atom. The molecule has 2 N–H and O–H groups in total. The van der Waals surface area contributed by atoms with E-state index in [1.165, 1.54) is 0 Å². The number of amides is 1. The van der Waals surface area contributed by atoms with Gasteiger partial charge in [0.05, 0.1) is 19.1 Å². The first-order valence-electron chi connectivity index (χ1n) is 6.77. The lowest BCUT2D eigenvalue weighted by Crippen LogP contribution is -2.26. The molecule has 104 valence electrons. The highest BCUT2D eigenvalue weighted by Crippen LogP contribution is 2.23. The molecule has 0 spiro atoms. The van der Waals surface area contributed by atoms with Gasteiger partial charge in [0, 0.05) is 6.04 Å². The molecule has 1 atom stereocenters. The Hall–Kier alpha value is -1.55. The molecule has 0 radical (unpaired) electrons. The predicted octanol–water partition coefficient (Wildman–Crippen LogP) is 2.10. The SMILES string of the molecule is Cc1cc([C@@H](C)O)ccc1OCCC(=O)NC1CC1. The van der Waals surface area contributed by atoms with Crippen LogP contribution in [0.5, 0.6) is 5.75 Å². The molecule has 1 aliphatic rings. The molecule has 1 saturated carbocycles. The minimum atomic E-state index is -0.475. The summed E-state index contributed by atoms with van der Waals surface area (Å²) in [6, 6.07) is 6.00. The molecule has 1 aromatic carbocycles. The Morgan fingerprint density at radius 2 is 2.26 bits per heavy atom. The van der Waals surface area contributed by atoms with Crippen LogP contribution in [0.4, 0.5) is 0 Å². The van der Waals surface area contributed by atoms with Gasteiger partial charge in [0.15, 0.2) is 0 Å². The Balaban J connectivity index is 1.80. The van der Waals surface area contributed by atoms with E-state index in [4.69, 9.17) is 4.74 Å². The summed E-state index contributed by atoms with van der Waals surface area (Å²) in [5.41, 5.74) is 1.84. The Morgan fingerprint density at radius 1 is 1.53 bits per heavy atom. The Kier molecular flexibility index (Phi) is 4.43. The van der Waals surface area contributed by atoms with Crippen LogP contribution in [0.1, 0.15) is 43.4 Å². The van der Waals surface area contributed by atoms with Gasteiger partial charge in [0.2, 0.25) is 5.91 Å². The van der Waals surface area contributed by atoms with E-state index in [-0.39, 0.29) is 5.91 Å². The standard InChI is InChI=1S/C15H21NO3/c1-10-9-12(11(2)17)3-6-14(10)19-8-7-15(18)16-13-4-5-13/h3,6,9,11,13,17H,4-5,7-8H2,1-2H3,(H,16,18)/t11-/m1/s1. The summed E-state index contributed by atoms with van der Waals surface area (Å²) in [4.78, 5) is 11.5. The monoisotopic (exact) mass is 263 g/mol. The number of benzene rings is 1. The Labute approximate surface area is 113 Å². The molecule has 1 aliphatic carbocycles. The van der Waals surface area contributed by atoms with Gasteiger partial charge in [0.25, 0.3) is 0 Å². The molecule has 4 nitrogen and oxygen atoms in total. The topological polar surface area (TPSA) is 58.6 Å². The number of aliphatic hydroxyl groups excluding tert-OH is 1. The van der Waals surface area contributed by atoms with E-state index < -0.39 is 6.10 Å². The summed E-state index contributed by atoms with van der Waals surface area (Å²) in [5, 5.41) is 12.4.